The second kappa shape index (κ2) is 5.11. The van der Waals surface area contributed by atoms with Crippen LogP contribution in [0.15, 0.2) is 34.9 Å². The van der Waals surface area contributed by atoms with E-state index in [1.807, 2.05) is 0 Å². The first-order valence-corrected chi connectivity index (χ1v) is 5.43. The molecule has 5 nitrogen and oxygen atoms in total. The van der Waals surface area contributed by atoms with E-state index in [2.05, 4.69) is 5.32 Å². The van der Waals surface area contributed by atoms with Gasteiger partial charge in [-0.3, -0.25) is 4.79 Å². The zero-order valence-corrected chi connectivity index (χ0v) is 10.1. The molecule has 0 saturated carbocycles. The number of aromatic carboxylic acids is 1. The Morgan fingerprint density at radius 3 is 2.63 bits per heavy atom. The van der Waals surface area contributed by atoms with E-state index in [4.69, 9.17) is 21.1 Å². The molecule has 0 unspecified atom stereocenters. The molecule has 0 saturated heterocycles. The average molecular weight is 284 g/mol. The molecular formula is C12H7ClFNO4. The molecule has 7 heteroatoms. The number of nitrogens with one attached hydrogen (secondary N) is 1. The van der Waals surface area contributed by atoms with Crippen LogP contribution >= 0.6 is 11.6 Å². The Kier molecular flexibility index (Phi) is 3.52. The SMILES string of the molecule is O=C(O)c1coc(C(=O)Nc2ccc(F)cc2Cl)c1. The first kappa shape index (κ1) is 13.1. The molecule has 0 atom stereocenters. The highest BCUT2D eigenvalue weighted by Crippen LogP contribution is 2.23. The van der Waals surface area contributed by atoms with Crippen LogP contribution in [-0.2, 0) is 0 Å². The summed E-state index contributed by atoms with van der Waals surface area (Å²) in [4.78, 5) is 22.4. The lowest BCUT2D eigenvalue weighted by molar-refractivity contribution is 0.0696. The van der Waals surface area contributed by atoms with Gasteiger partial charge in [-0.15, -0.1) is 0 Å². The molecule has 0 radical (unpaired) electrons. The Balaban J connectivity index is 2.18. The van der Waals surface area contributed by atoms with Crippen molar-refractivity contribution in [3.63, 3.8) is 0 Å². The number of halogens is 2. The Labute approximate surface area is 111 Å². The summed E-state index contributed by atoms with van der Waals surface area (Å²) in [5.41, 5.74) is 0.0525. The maximum atomic E-state index is 12.8. The number of benzene rings is 1. The predicted molar refractivity (Wildman–Crippen MR) is 65.0 cm³/mol. The molecule has 19 heavy (non-hydrogen) atoms. The molecule has 1 aromatic carbocycles. The van der Waals surface area contributed by atoms with Crippen molar-refractivity contribution in [3.8, 4) is 0 Å². The maximum Gasteiger partial charge on any atom is 0.338 e. The fourth-order valence-corrected chi connectivity index (χ4v) is 1.56. The molecule has 0 bridgehead atoms. The van der Waals surface area contributed by atoms with Gasteiger partial charge in [-0.25, -0.2) is 9.18 Å². The number of carbonyl (C=O) groups is 2. The topological polar surface area (TPSA) is 79.5 Å². The number of hydrogen-bond donors (Lipinski definition) is 2. The van der Waals surface area contributed by atoms with E-state index in [1.54, 1.807) is 0 Å². The van der Waals surface area contributed by atoms with Crippen molar-refractivity contribution >= 4 is 29.2 Å². The van der Waals surface area contributed by atoms with E-state index in [1.165, 1.54) is 6.07 Å². The highest BCUT2D eigenvalue weighted by atomic mass is 35.5. The van der Waals surface area contributed by atoms with Gasteiger partial charge in [0.05, 0.1) is 16.3 Å². The molecule has 2 N–H and O–H groups in total. The molecule has 1 heterocycles. The van der Waals surface area contributed by atoms with E-state index in [0.717, 1.165) is 24.5 Å². The summed E-state index contributed by atoms with van der Waals surface area (Å²) in [5.74, 6) is -2.60. The largest absolute Gasteiger partial charge is 0.478 e. The van der Waals surface area contributed by atoms with Gasteiger partial charge in [-0.05, 0) is 18.2 Å². The third-order valence-electron chi connectivity index (χ3n) is 2.25. The van der Waals surface area contributed by atoms with Crippen LogP contribution in [0.25, 0.3) is 0 Å². The fraction of sp³-hybridized carbons (Fsp3) is 0. The minimum atomic E-state index is -1.21. The monoisotopic (exact) mass is 283 g/mol. The number of amides is 1. The van der Waals surface area contributed by atoms with Crippen molar-refractivity contribution in [1.29, 1.82) is 0 Å². The third-order valence-corrected chi connectivity index (χ3v) is 2.56. The van der Waals surface area contributed by atoms with Gasteiger partial charge < -0.3 is 14.8 Å². The molecule has 0 aliphatic carbocycles. The summed E-state index contributed by atoms with van der Waals surface area (Å²) >= 11 is 5.74. The molecule has 0 aliphatic rings. The van der Waals surface area contributed by atoms with Gasteiger partial charge in [0.2, 0.25) is 0 Å². The summed E-state index contributed by atoms with van der Waals surface area (Å²) in [7, 11) is 0. The van der Waals surface area contributed by atoms with Crippen LogP contribution in [0.1, 0.15) is 20.9 Å². The summed E-state index contributed by atoms with van der Waals surface area (Å²) in [6, 6.07) is 4.54. The van der Waals surface area contributed by atoms with Gasteiger partial charge >= 0.3 is 5.97 Å². The quantitative estimate of drug-likeness (QED) is 0.907. The molecular weight excluding hydrogens is 277 g/mol. The van der Waals surface area contributed by atoms with Crippen LogP contribution in [0.3, 0.4) is 0 Å². The van der Waals surface area contributed by atoms with E-state index < -0.39 is 17.7 Å². The average Bonchev–Trinajstić information content (AvgIpc) is 2.82. The molecule has 0 aliphatic heterocycles. The van der Waals surface area contributed by atoms with Crippen molar-refractivity contribution < 1.29 is 23.5 Å². The zero-order chi connectivity index (χ0) is 14.0. The molecule has 0 fully saturated rings. The minimum absolute atomic E-state index is 0.0263. The smallest absolute Gasteiger partial charge is 0.338 e. The van der Waals surface area contributed by atoms with E-state index in [0.29, 0.717) is 0 Å². The zero-order valence-electron chi connectivity index (χ0n) is 9.31. The number of carbonyl (C=O) groups excluding carboxylic acids is 1. The maximum absolute atomic E-state index is 12.8. The fourth-order valence-electron chi connectivity index (χ4n) is 1.34. The van der Waals surface area contributed by atoms with Crippen LogP contribution in [0.5, 0.6) is 0 Å². The predicted octanol–water partition coefficient (Wildman–Crippen LogP) is 3.02. The van der Waals surface area contributed by atoms with Gasteiger partial charge in [0.25, 0.3) is 5.91 Å². The Bertz CT molecular complexity index is 653. The molecule has 2 aromatic rings. The van der Waals surface area contributed by atoms with E-state index in [-0.39, 0.29) is 22.0 Å². The molecule has 1 amide bonds. The molecule has 98 valence electrons. The van der Waals surface area contributed by atoms with Crippen LogP contribution < -0.4 is 5.32 Å². The van der Waals surface area contributed by atoms with Gasteiger partial charge in [-0.2, -0.15) is 0 Å². The first-order chi connectivity index (χ1) is 8.97. The van der Waals surface area contributed by atoms with Crippen LogP contribution in [0.4, 0.5) is 10.1 Å². The van der Waals surface area contributed by atoms with Crippen LogP contribution in [0, 0.1) is 5.82 Å². The highest BCUT2D eigenvalue weighted by molar-refractivity contribution is 6.33. The van der Waals surface area contributed by atoms with Crippen molar-refractivity contribution in [2.75, 3.05) is 5.32 Å². The Morgan fingerprint density at radius 2 is 2.05 bits per heavy atom. The second-order valence-electron chi connectivity index (χ2n) is 3.58. The minimum Gasteiger partial charge on any atom is -0.478 e. The van der Waals surface area contributed by atoms with Crippen molar-refractivity contribution in [2.45, 2.75) is 0 Å². The standard InChI is InChI=1S/C12H7ClFNO4/c13-8-4-7(14)1-2-9(8)15-11(16)10-3-6(5-19-10)12(17)18/h1-5H,(H,15,16)(H,17,18). The number of hydrogen-bond acceptors (Lipinski definition) is 3. The summed E-state index contributed by atoms with van der Waals surface area (Å²) < 4.78 is 17.6. The first-order valence-electron chi connectivity index (χ1n) is 5.05. The van der Waals surface area contributed by atoms with E-state index in [9.17, 15) is 14.0 Å². The Hall–Kier alpha value is -2.34. The lowest BCUT2D eigenvalue weighted by Gasteiger charge is -2.05. The highest BCUT2D eigenvalue weighted by Gasteiger charge is 2.15. The lowest BCUT2D eigenvalue weighted by Crippen LogP contribution is -2.11. The van der Waals surface area contributed by atoms with Crippen molar-refractivity contribution in [1.82, 2.24) is 0 Å². The number of rotatable bonds is 3. The van der Waals surface area contributed by atoms with Gasteiger partial charge in [0.1, 0.15) is 12.1 Å². The van der Waals surface area contributed by atoms with Crippen LogP contribution in [0.2, 0.25) is 5.02 Å². The van der Waals surface area contributed by atoms with Gasteiger partial charge in [0.15, 0.2) is 5.76 Å². The van der Waals surface area contributed by atoms with Crippen molar-refractivity contribution in [2.24, 2.45) is 0 Å². The van der Waals surface area contributed by atoms with Crippen molar-refractivity contribution in [3.05, 3.63) is 52.7 Å². The lowest BCUT2D eigenvalue weighted by atomic mass is 10.3. The van der Waals surface area contributed by atoms with Crippen LogP contribution in [-0.4, -0.2) is 17.0 Å². The second-order valence-corrected chi connectivity index (χ2v) is 3.99. The molecule has 2 rings (SSSR count). The third kappa shape index (κ3) is 2.92. The van der Waals surface area contributed by atoms with Gasteiger partial charge in [0, 0.05) is 6.07 Å². The Morgan fingerprint density at radius 1 is 1.32 bits per heavy atom. The molecule has 0 spiro atoms. The summed E-state index contributed by atoms with van der Waals surface area (Å²) in [6.45, 7) is 0. The molecule has 1 aromatic heterocycles. The van der Waals surface area contributed by atoms with E-state index >= 15 is 0 Å². The summed E-state index contributed by atoms with van der Waals surface area (Å²) in [6.07, 6.45) is 0.948. The van der Waals surface area contributed by atoms with Gasteiger partial charge in [-0.1, -0.05) is 11.6 Å². The number of anilines is 1. The summed E-state index contributed by atoms with van der Waals surface area (Å²) in [5, 5.41) is 11.1. The number of carboxylic acids is 1. The number of carboxylic acid groups (broad SMARTS) is 1. The normalized spacial score (nSPS) is 10.2. The number of furan rings is 1.